The maximum absolute atomic E-state index is 10.4. The van der Waals surface area contributed by atoms with Crippen LogP contribution in [0, 0.1) is 0 Å². The van der Waals surface area contributed by atoms with E-state index in [0.29, 0.717) is 36.1 Å². The zero-order valence-electron chi connectivity index (χ0n) is 29.7. The second kappa shape index (κ2) is 27.9. The van der Waals surface area contributed by atoms with E-state index in [1.807, 2.05) is 58.0 Å². The molecule has 2 rings (SSSR count). The number of nitrogens with one attached hydrogen (secondary N) is 4. The molecule has 0 bridgehead atoms. The lowest BCUT2D eigenvalue weighted by atomic mass is 10.1. The van der Waals surface area contributed by atoms with Gasteiger partial charge in [-0.15, -0.1) is 0 Å². The molecule has 6 N–H and O–H groups in total. The standard InChI is InChI=1S/C36H62N4O6S2/c1-43-33-15-13-29(25-35(33)45-3)31(41)27-39-19-11-7-5-9-17-37-21-23-47-48-24-22-38-18-10-6-8-12-20-40-28-32(42)30-14-16-34(44-2)36(26-30)46-4/h13-16,25-26,31-32,37-42H,5-12,17-24,27-28H2,1-4H3. The van der Waals surface area contributed by atoms with Gasteiger partial charge in [0.05, 0.1) is 40.6 Å². The number of methoxy groups -OCH3 is 4. The van der Waals surface area contributed by atoms with Gasteiger partial charge in [0.2, 0.25) is 0 Å². The molecule has 10 nitrogen and oxygen atoms in total. The number of aliphatic hydroxyl groups excluding tert-OH is 2. The zero-order chi connectivity index (χ0) is 34.7. The molecule has 274 valence electrons. The Hall–Kier alpha value is -1.90. The highest BCUT2D eigenvalue weighted by Crippen LogP contribution is 2.31. The van der Waals surface area contributed by atoms with E-state index < -0.39 is 12.2 Å². The lowest BCUT2D eigenvalue weighted by molar-refractivity contribution is 0.174. The van der Waals surface area contributed by atoms with Crippen LogP contribution in [0.4, 0.5) is 0 Å². The van der Waals surface area contributed by atoms with Crippen molar-refractivity contribution in [2.45, 2.75) is 63.6 Å². The van der Waals surface area contributed by atoms with Gasteiger partial charge in [0, 0.05) is 37.7 Å². The molecule has 0 saturated heterocycles. The summed E-state index contributed by atoms with van der Waals surface area (Å²) in [5.41, 5.74) is 1.65. The Bertz CT molecular complexity index is 1000. The molecule has 0 aliphatic heterocycles. The molecular formula is C36H62N4O6S2. The molecule has 0 radical (unpaired) electrons. The van der Waals surface area contributed by atoms with E-state index in [2.05, 4.69) is 21.3 Å². The fraction of sp³-hybridized carbons (Fsp3) is 0.667. The van der Waals surface area contributed by atoms with Crippen molar-refractivity contribution in [3.63, 3.8) is 0 Å². The molecule has 2 aromatic rings. The number of benzene rings is 2. The third-order valence-corrected chi connectivity index (χ3v) is 10.4. The summed E-state index contributed by atoms with van der Waals surface area (Å²) in [7, 11) is 10.3. The highest BCUT2D eigenvalue weighted by atomic mass is 33.1. The Morgan fingerprint density at radius 3 is 1.19 bits per heavy atom. The Morgan fingerprint density at radius 2 is 0.833 bits per heavy atom. The lowest BCUT2D eigenvalue weighted by Gasteiger charge is -2.15. The minimum absolute atomic E-state index is 0.528. The van der Waals surface area contributed by atoms with Crippen molar-refractivity contribution in [3.8, 4) is 23.0 Å². The second-order valence-electron chi connectivity index (χ2n) is 11.6. The highest BCUT2D eigenvalue weighted by Gasteiger charge is 2.12. The predicted octanol–water partition coefficient (Wildman–Crippen LogP) is 5.35. The summed E-state index contributed by atoms with van der Waals surface area (Å²) in [5.74, 6) is 4.87. The van der Waals surface area contributed by atoms with Crippen LogP contribution in [-0.4, -0.2) is 103 Å². The van der Waals surface area contributed by atoms with E-state index in [1.165, 1.54) is 38.5 Å². The molecule has 0 aliphatic carbocycles. The summed E-state index contributed by atoms with van der Waals surface area (Å²) >= 11 is 0. The van der Waals surface area contributed by atoms with Crippen molar-refractivity contribution >= 4 is 21.6 Å². The van der Waals surface area contributed by atoms with Gasteiger partial charge >= 0.3 is 0 Å². The van der Waals surface area contributed by atoms with Gasteiger partial charge in [0.15, 0.2) is 23.0 Å². The largest absolute Gasteiger partial charge is 0.493 e. The van der Waals surface area contributed by atoms with Crippen LogP contribution < -0.4 is 40.2 Å². The maximum Gasteiger partial charge on any atom is 0.161 e. The number of aliphatic hydroxyl groups is 2. The Morgan fingerprint density at radius 1 is 0.479 bits per heavy atom. The van der Waals surface area contributed by atoms with E-state index in [9.17, 15) is 10.2 Å². The summed E-state index contributed by atoms with van der Waals surface area (Å²) in [6, 6.07) is 11.1. The molecule has 0 spiro atoms. The summed E-state index contributed by atoms with van der Waals surface area (Å²) in [4.78, 5) is 0. The first-order valence-electron chi connectivity index (χ1n) is 17.4. The highest BCUT2D eigenvalue weighted by molar-refractivity contribution is 8.76. The van der Waals surface area contributed by atoms with Crippen molar-refractivity contribution < 1.29 is 29.2 Å². The van der Waals surface area contributed by atoms with Gasteiger partial charge < -0.3 is 50.4 Å². The van der Waals surface area contributed by atoms with E-state index in [1.54, 1.807) is 28.4 Å². The summed E-state index contributed by atoms with van der Waals surface area (Å²) < 4.78 is 21.2. The van der Waals surface area contributed by atoms with Gasteiger partial charge in [-0.1, -0.05) is 59.4 Å². The number of hydrogen-bond donors (Lipinski definition) is 6. The molecule has 0 aliphatic rings. The first kappa shape index (κ1) is 42.3. The second-order valence-corrected chi connectivity index (χ2v) is 14.3. The van der Waals surface area contributed by atoms with Crippen LogP contribution >= 0.6 is 21.6 Å². The molecule has 0 aromatic heterocycles. The average Bonchev–Trinajstić information content (AvgIpc) is 3.12. The minimum atomic E-state index is -0.567. The third kappa shape index (κ3) is 18.2. The molecule has 48 heavy (non-hydrogen) atoms. The van der Waals surface area contributed by atoms with Gasteiger partial charge in [0.25, 0.3) is 0 Å². The zero-order valence-corrected chi connectivity index (χ0v) is 31.3. The number of rotatable bonds is 31. The van der Waals surface area contributed by atoms with Crippen LogP contribution in [0.15, 0.2) is 36.4 Å². The number of hydrogen-bond acceptors (Lipinski definition) is 12. The third-order valence-electron chi connectivity index (χ3n) is 7.98. The predicted molar refractivity (Wildman–Crippen MR) is 202 cm³/mol. The molecule has 0 fully saturated rings. The first-order chi connectivity index (χ1) is 23.5. The van der Waals surface area contributed by atoms with Gasteiger partial charge in [-0.2, -0.15) is 0 Å². The minimum Gasteiger partial charge on any atom is -0.493 e. The van der Waals surface area contributed by atoms with E-state index in [4.69, 9.17) is 18.9 Å². The van der Waals surface area contributed by atoms with Crippen LogP contribution in [0.5, 0.6) is 23.0 Å². The van der Waals surface area contributed by atoms with Crippen LogP contribution in [0.2, 0.25) is 0 Å². The van der Waals surface area contributed by atoms with Crippen molar-refractivity contribution in [2.24, 2.45) is 0 Å². The van der Waals surface area contributed by atoms with Crippen LogP contribution in [0.25, 0.3) is 0 Å². The van der Waals surface area contributed by atoms with Crippen LogP contribution in [0.1, 0.15) is 74.7 Å². The summed E-state index contributed by atoms with van der Waals surface area (Å²) in [5, 5.41) is 34.7. The first-order valence-corrected chi connectivity index (χ1v) is 19.9. The topological polar surface area (TPSA) is 126 Å². The average molecular weight is 711 g/mol. The Kier molecular flexibility index (Phi) is 24.5. The molecule has 2 aromatic carbocycles. The smallest absolute Gasteiger partial charge is 0.161 e. The summed E-state index contributed by atoms with van der Waals surface area (Å²) in [6.07, 6.45) is 8.36. The normalized spacial score (nSPS) is 12.5. The number of unbranched alkanes of at least 4 members (excludes halogenated alkanes) is 6. The molecule has 0 amide bonds. The van der Waals surface area contributed by atoms with Gasteiger partial charge in [0.1, 0.15) is 0 Å². The van der Waals surface area contributed by atoms with E-state index in [0.717, 1.165) is 74.7 Å². The molecular weight excluding hydrogens is 649 g/mol. The van der Waals surface area contributed by atoms with Crippen molar-refractivity contribution in [2.75, 3.05) is 92.3 Å². The van der Waals surface area contributed by atoms with Crippen molar-refractivity contribution in [1.29, 1.82) is 0 Å². The molecule has 2 unspecified atom stereocenters. The molecule has 0 saturated carbocycles. The Labute approximate surface area is 297 Å². The van der Waals surface area contributed by atoms with Crippen LogP contribution in [-0.2, 0) is 0 Å². The van der Waals surface area contributed by atoms with Gasteiger partial charge in [-0.25, -0.2) is 0 Å². The molecule has 0 heterocycles. The van der Waals surface area contributed by atoms with Gasteiger partial charge in [-0.3, -0.25) is 0 Å². The quantitative estimate of drug-likeness (QED) is 0.0447. The van der Waals surface area contributed by atoms with Crippen LogP contribution in [0.3, 0.4) is 0 Å². The maximum atomic E-state index is 10.4. The Balaban J connectivity index is 1.27. The fourth-order valence-corrected chi connectivity index (χ4v) is 7.03. The monoisotopic (exact) mass is 710 g/mol. The van der Waals surface area contributed by atoms with Crippen molar-refractivity contribution in [1.82, 2.24) is 21.3 Å². The van der Waals surface area contributed by atoms with E-state index >= 15 is 0 Å². The lowest BCUT2D eigenvalue weighted by Crippen LogP contribution is -2.22. The van der Waals surface area contributed by atoms with Gasteiger partial charge in [-0.05, 0) is 87.3 Å². The van der Waals surface area contributed by atoms with Crippen molar-refractivity contribution in [3.05, 3.63) is 47.5 Å². The fourth-order valence-electron chi connectivity index (χ4n) is 5.14. The SMILES string of the molecule is COc1ccc(C(O)CNCCCCCCNCCSSCCNCCCCCCNCC(O)c2ccc(OC)c(OC)c2)cc1OC. The number of ether oxygens (including phenoxy) is 4. The molecule has 2 atom stereocenters. The van der Waals surface area contributed by atoms with E-state index in [-0.39, 0.29) is 0 Å². The molecule has 12 heteroatoms. The summed E-state index contributed by atoms with van der Waals surface area (Å²) in [6.45, 7) is 7.16.